The second-order valence-corrected chi connectivity index (χ2v) is 8.07. The van der Waals surface area contributed by atoms with Crippen LogP contribution in [0.2, 0.25) is 0 Å². The number of carbonyl (C=O) groups is 2. The summed E-state index contributed by atoms with van der Waals surface area (Å²) in [6, 6.07) is 13.1. The first-order chi connectivity index (χ1) is 14.5. The van der Waals surface area contributed by atoms with E-state index in [9.17, 15) is 9.59 Å². The molecule has 0 aromatic heterocycles. The van der Waals surface area contributed by atoms with Gasteiger partial charge in [0, 0.05) is 37.2 Å². The fourth-order valence-corrected chi connectivity index (χ4v) is 3.86. The van der Waals surface area contributed by atoms with Crippen molar-refractivity contribution in [3.8, 4) is 0 Å². The smallest absolute Gasteiger partial charge is 0.323 e. The highest BCUT2D eigenvalue weighted by Gasteiger charge is 2.20. The zero-order valence-electron chi connectivity index (χ0n) is 18.1. The van der Waals surface area contributed by atoms with E-state index in [1.165, 1.54) is 6.42 Å². The second-order valence-electron chi connectivity index (χ2n) is 8.07. The minimum atomic E-state index is -0.334. The van der Waals surface area contributed by atoms with Gasteiger partial charge in [0.25, 0.3) is 5.91 Å². The van der Waals surface area contributed by atoms with Crippen LogP contribution in [-0.4, -0.2) is 32.1 Å². The second kappa shape index (κ2) is 10.1. The summed E-state index contributed by atoms with van der Waals surface area (Å²) in [5.41, 5.74) is 3.87. The van der Waals surface area contributed by atoms with Crippen molar-refractivity contribution in [3.63, 3.8) is 0 Å². The van der Waals surface area contributed by atoms with Crippen molar-refractivity contribution < 1.29 is 9.59 Å². The van der Waals surface area contributed by atoms with Crippen LogP contribution in [0.3, 0.4) is 0 Å². The van der Waals surface area contributed by atoms with E-state index in [2.05, 4.69) is 22.9 Å². The molecule has 6 heteroatoms. The van der Waals surface area contributed by atoms with Gasteiger partial charge in [-0.25, -0.2) is 4.79 Å². The summed E-state index contributed by atoms with van der Waals surface area (Å²) in [7, 11) is 3.82. The minimum absolute atomic E-state index is 0.0923. The number of hydrogen-bond donors (Lipinski definition) is 3. The number of anilines is 3. The molecule has 6 nitrogen and oxygen atoms in total. The highest BCUT2D eigenvalue weighted by molar-refractivity contribution is 6.04. The third-order valence-electron chi connectivity index (χ3n) is 5.51. The Morgan fingerprint density at radius 2 is 1.67 bits per heavy atom. The molecular formula is C24H32N4O2. The molecule has 2 aromatic carbocycles. The van der Waals surface area contributed by atoms with Crippen molar-refractivity contribution in [2.24, 2.45) is 0 Å². The molecule has 0 aliphatic heterocycles. The van der Waals surface area contributed by atoms with Gasteiger partial charge in [0.2, 0.25) is 0 Å². The number of aryl methyl sites for hydroxylation is 1. The zero-order chi connectivity index (χ0) is 21.5. The van der Waals surface area contributed by atoms with E-state index in [4.69, 9.17) is 0 Å². The third kappa shape index (κ3) is 5.75. The van der Waals surface area contributed by atoms with Crippen molar-refractivity contribution in [1.29, 1.82) is 0 Å². The van der Waals surface area contributed by atoms with Crippen molar-refractivity contribution in [2.45, 2.75) is 51.5 Å². The molecule has 1 aliphatic carbocycles. The predicted octanol–water partition coefficient (Wildman–Crippen LogP) is 5.02. The predicted molar refractivity (Wildman–Crippen MR) is 124 cm³/mol. The lowest BCUT2D eigenvalue weighted by atomic mass is 9.95. The Hall–Kier alpha value is -3.02. The SMILES string of the molecule is CCc1cccc(NC(=O)Nc2ccc(N(C)C)c(C(=O)NC3CCCCC3)c2)c1. The number of rotatable bonds is 6. The Morgan fingerprint density at radius 1 is 0.967 bits per heavy atom. The molecule has 1 fully saturated rings. The van der Waals surface area contributed by atoms with Crippen molar-refractivity contribution in [3.05, 3.63) is 53.6 Å². The molecule has 0 unspecified atom stereocenters. The van der Waals surface area contributed by atoms with Crippen LogP contribution in [0.5, 0.6) is 0 Å². The van der Waals surface area contributed by atoms with E-state index in [1.54, 1.807) is 6.07 Å². The summed E-state index contributed by atoms with van der Waals surface area (Å²) in [6.45, 7) is 2.07. The van der Waals surface area contributed by atoms with Gasteiger partial charge in [-0.05, 0) is 55.2 Å². The van der Waals surface area contributed by atoms with Crippen LogP contribution in [-0.2, 0) is 6.42 Å². The molecule has 0 saturated heterocycles. The van der Waals surface area contributed by atoms with Crippen LogP contribution in [0.1, 0.15) is 54.9 Å². The van der Waals surface area contributed by atoms with E-state index >= 15 is 0 Å². The van der Waals surface area contributed by atoms with E-state index in [0.717, 1.165) is 49.0 Å². The molecule has 0 atom stereocenters. The summed E-state index contributed by atoms with van der Waals surface area (Å²) in [5, 5.41) is 8.87. The standard InChI is InChI=1S/C24H32N4O2/c1-4-17-9-8-12-19(15-17)26-24(30)27-20-13-14-22(28(2)3)21(16-20)23(29)25-18-10-6-5-7-11-18/h8-9,12-16,18H,4-7,10-11H2,1-3H3,(H,25,29)(H2,26,27,30). The topological polar surface area (TPSA) is 73.5 Å². The van der Waals surface area contributed by atoms with E-state index in [0.29, 0.717) is 11.3 Å². The Balaban J connectivity index is 1.72. The summed E-state index contributed by atoms with van der Waals surface area (Å²) in [6.07, 6.45) is 6.52. The lowest BCUT2D eigenvalue weighted by Crippen LogP contribution is -2.36. The monoisotopic (exact) mass is 408 g/mol. The van der Waals surface area contributed by atoms with E-state index in [-0.39, 0.29) is 18.0 Å². The zero-order valence-corrected chi connectivity index (χ0v) is 18.1. The molecule has 30 heavy (non-hydrogen) atoms. The summed E-state index contributed by atoms with van der Waals surface area (Å²) in [5.74, 6) is -0.0923. The van der Waals surface area contributed by atoms with Gasteiger partial charge in [-0.1, -0.05) is 38.3 Å². The number of carbonyl (C=O) groups excluding carboxylic acids is 2. The average molecular weight is 409 g/mol. The molecule has 0 heterocycles. The first-order valence-corrected chi connectivity index (χ1v) is 10.8. The van der Waals surface area contributed by atoms with Crippen LogP contribution in [0.4, 0.5) is 21.9 Å². The molecule has 3 rings (SSSR count). The van der Waals surface area contributed by atoms with Crippen molar-refractivity contribution in [1.82, 2.24) is 5.32 Å². The largest absolute Gasteiger partial charge is 0.377 e. The normalized spacial score (nSPS) is 14.1. The molecule has 1 aliphatic rings. The Labute approximate surface area is 179 Å². The summed E-state index contributed by atoms with van der Waals surface area (Å²) in [4.78, 5) is 27.3. The number of benzene rings is 2. The summed E-state index contributed by atoms with van der Waals surface area (Å²) < 4.78 is 0. The van der Waals surface area contributed by atoms with Crippen LogP contribution < -0.4 is 20.9 Å². The molecule has 2 aromatic rings. The molecule has 0 radical (unpaired) electrons. The fourth-order valence-electron chi connectivity index (χ4n) is 3.86. The third-order valence-corrected chi connectivity index (χ3v) is 5.51. The molecule has 3 N–H and O–H groups in total. The first kappa shape index (κ1) is 21.7. The lowest BCUT2D eigenvalue weighted by Gasteiger charge is -2.24. The number of hydrogen-bond acceptors (Lipinski definition) is 3. The van der Waals surface area contributed by atoms with Crippen molar-refractivity contribution in [2.75, 3.05) is 29.6 Å². The average Bonchev–Trinajstić information content (AvgIpc) is 2.74. The van der Waals surface area contributed by atoms with Gasteiger partial charge in [0.15, 0.2) is 0 Å². The number of amides is 3. The fraction of sp³-hybridized carbons (Fsp3) is 0.417. The van der Waals surface area contributed by atoms with Gasteiger partial charge in [0.05, 0.1) is 5.56 Å². The minimum Gasteiger partial charge on any atom is -0.377 e. The number of nitrogens with one attached hydrogen (secondary N) is 3. The number of nitrogens with zero attached hydrogens (tertiary/aromatic N) is 1. The van der Waals surface area contributed by atoms with Gasteiger partial charge in [-0.2, -0.15) is 0 Å². The van der Waals surface area contributed by atoms with Gasteiger partial charge >= 0.3 is 6.03 Å². The van der Waals surface area contributed by atoms with E-state index < -0.39 is 0 Å². The number of urea groups is 1. The van der Waals surface area contributed by atoms with Gasteiger partial charge in [-0.3, -0.25) is 4.79 Å². The maximum absolute atomic E-state index is 13.0. The van der Waals surface area contributed by atoms with Crippen molar-refractivity contribution >= 4 is 29.0 Å². The van der Waals surface area contributed by atoms with Gasteiger partial charge in [-0.15, -0.1) is 0 Å². The maximum atomic E-state index is 13.0. The maximum Gasteiger partial charge on any atom is 0.323 e. The molecule has 1 saturated carbocycles. The molecule has 3 amide bonds. The Bertz CT molecular complexity index is 889. The van der Waals surface area contributed by atoms with E-state index in [1.807, 2.05) is 55.4 Å². The van der Waals surface area contributed by atoms with Gasteiger partial charge in [0.1, 0.15) is 0 Å². The van der Waals surface area contributed by atoms with Crippen LogP contribution >= 0.6 is 0 Å². The molecular weight excluding hydrogens is 376 g/mol. The first-order valence-electron chi connectivity index (χ1n) is 10.8. The Morgan fingerprint density at radius 3 is 2.33 bits per heavy atom. The van der Waals surface area contributed by atoms with Crippen LogP contribution in [0.15, 0.2) is 42.5 Å². The molecule has 160 valence electrons. The lowest BCUT2D eigenvalue weighted by molar-refractivity contribution is 0.0928. The van der Waals surface area contributed by atoms with Crippen LogP contribution in [0, 0.1) is 0 Å². The highest BCUT2D eigenvalue weighted by atomic mass is 16.2. The Kier molecular flexibility index (Phi) is 7.33. The quantitative estimate of drug-likeness (QED) is 0.628. The van der Waals surface area contributed by atoms with Crippen LogP contribution in [0.25, 0.3) is 0 Å². The molecule has 0 bridgehead atoms. The summed E-state index contributed by atoms with van der Waals surface area (Å²) >= 11 is 0. The highest BCUT2D eigenvalue weighted by Crippen LogP contribution is 2.25. The van der Waals surface area contributed by atoms with Gasteiger partial charge < -0.3 is 20.9 Å². The molecule has 0 spiro atoms.